The Kier molecular flexibility index (Phi) is 5.45. The number of benzene rings is 1. The van der Waals surface area contributed by atoms with Crippen LogP contribution in [0.25, 0.3) is 17.4 Å². The maximum atomic E-state index is 11.5. The molecule has 144 valence electrons. The molecule has 10 nitrogen and oxygen atoms in total. The lowest BCUT2D eigenvalue weighted by molar-refractivity contribution is -0.384. The predicted octanol–water partition coefficient (Wildman–Crippen LogP) is 3.77. The predicted molar refractivity (Wildman–Crippen MR) is 97.9 cm³/mol. The molecule has 0 aliphatic heterocycles. The number of rotatable bonds is 7. The maximum Gasteiger partial charge on any atom is 0.342 e. The number of furan rings is 1. The van der Waals surface area contributed by atoms with E-state index in [9.17, 15) is 20.0 Å². The minimum atomic E-state index is -1.21. The number of ether oxygens (including phenoxy) is 1. The van der Waals surface area contributed by atoms with Crippen LogP contribution in [0, 0.1) is 17.0 Å². The van der Waals surface area contributed by atoms with Gasteiger partial charge in [0.15, 0.2) is 0 Å². The molecule has 0 saturated heterocycles. The van der Waals surface area contributed by atoms with Gasteiger partial charge in [-0.25, -0.2) is 4.79 Å². The first-order chi connectivity index (χ1) is 13.4. The molecule has 28 heavy (non-hydrogen) atoms. The summed E-state index contributed by atoms with van der Waals surface area (Å²) in [7, 11) is 1.41. The van der Waals surface area contributed by atoms with Gasteiger partial charge in [-0.05, 0) is 36.0 Å². The first kappa shape index (κ1) is 19.2. The van der Waals surface area contributed by atoms with Gasteiger partial charge in [0.05, 0.1) is 23.7 Å². The molecule has 0 spiro atoms. The third kappa shape index (κ3) is 4.20. The number of nitrogens with zero attached hydrogens (tertiary/aromatic N) is 3. The lowest BCUT2D eigenvalue weighted by Gasteiger charge is -2.03. The summed E-state index contributed by atoms with van der Waals surface area (Å²) in [6.45, 7) is 1.59. The van der Waals surface area contributed by atoms with E-state index in [4.69, 9.17) is 13.6 Å². The SMILES string of the molecule is COc1ccc(-c2ccc(/C=C(\Sc3nnc(C)o3)C(=O)O)o2)c([N+](=O)[O-])c1. The Hall–Kier alpha value is -3.60. The van der Waals surface area contributed by atoms with Crippen molar-refractivity contribution in [2.45, 2.75) is 12.1 Å². The molecule has 0 amide bonds. The summed E-state index contributed by atoms with van der Waals surface area (Å²) in [5, 5.41) is 28.2. The van der Waals surface area contributed by atoms with E-state index >= 15 is 0 Å². The summed E-state index contributed by atoms with van der Waals surface area (Å²) < 4.78 is 15.8. The average Bonchev–Trinajstić information content (AvgIpc) is 3.29. The molecule has 0 fully saturated rings. The number of carbonyl (C=O) groups is 1. The third-order valence-corrected chi connectivity index (χ3v) is 4.33. The molecule has 0 aliphatic rings. The van der Waals surface area contributed by atoms with Crippen LogP contribution in [0.5, 0.6) is 5.75 Å². The van der Waals surface area contributed by atoms with Crippen LogP contribution >= 0.6 is 11.8 Å². The van der Waals surface area contributed by atoms with Crippen molar-refractivity contribution >= 4 is 29.5 Å². The summed E-state index contributed by atoms with van der Waals surface area (Å²) in [5.41, 5.74) is 0.0425. The molecule has 0 saturated carbocycles. The number of hydrogen-bond acceptors (Lipinski definition) is 9. The normalized spacial score (nSPS) is 11.4. The van der Waals surface area contributed by atoms with Gasteiger partial charge in [-0.15, -0.1) is 10.2 Å². The topological polar surface area (TPSA) is 142 Å². The minimum absolute atomic E-state index is 0.0729. The standard InChI is InChI=1S/C17H13N3O7S/c1-9-18-19-17(26-9)28-15(16(21)22)8-11-4-6-14(27-11)12-5-3-10(25-2)7-13(12)20(23)24/h3-8H,1-2H3,(H,21,22)/b15-8-. The van der Waals surface area contributed by atoms with Crippen molar-refractivity contribution in [2.24, 2.45) is 0 Å². The molecular weight excluding hydrogens is 390 g/mol. The first-order valence-electron chi connectivity index (χ1n) is 7.73. The number of aryl methyl sites for hydroxylation is 1. The van der Waals surface area contributed by atoms with Crippen molar-refractivity contribution in [3.63, 3.8) is 0 Å². The highest BCUT2D eigenvalue weighted by Gasteiger charge is 2.20. The minimum Gasteiger partial charge on any atom is -0.497 e. The molecule has 0 bridgehead atoms. The molecule has 3 aromatic rings. The highest BCUT2D eigenvalue weighted by Crippen LogP contribution is 2.35. The third-order valence-electron chi connectivity index (χ3n) is 3.48. The van der Waals surface area contributed by atoms with E-state index in [-0.39, 0.29) is 32.9 Å². The number of carboxylic acid groups (broad SMARTS) is 1. The summed E-state index contributed by atoms with van der Waals surface area (Å²) in [5.74, 6) is -0.166. The van der Waals surface area contributed by atoms with Crippen molar-refractivity contribution in [3.8, 4) is 17.1 Å². The molecule has 2 aromatic heterocycles. The van der Waals surface area contributed by atoms with Gasteiger partial charge in [-0.1, -0.05) is 0 Å². The summed E-state index contributed by atoms with van der Waals surface area (Å²) in [6, 6.07) is 7.37. The summed E-state index contributed by atoms with van der Waals surface area (Å²) in [6.07, 6.45) is 1.27. The van der Waals surface area contributed by atoms with Gasteiger partial charge in [0.25, 0.3) is 10.9 Å². The Balaban J connectivity index is 1.93. The quantitative estimate of drug-likeness (QED) is 0.268. The van der Waals surface area contributed by atoms with E-state index in [0.29, 0.717) is 11.6 Å². The number of thioether (sulfide) groups is 1. The van der Waals surface area contributed by atoms with Crippen LogP contribution in [0.15, 0.2) is 49.3 Å². The van der Waals surface area contributed by atoms with Gasteiger partial charge in [-0.2, -0.15) is 0 Å². The molecule has 1 aromatic carbocycles. The number of methoxy groups -OCH3 is 1. The molecular formula is C17H13N3O7S. The van der Waals surface area contributed by atoms with Crippen molar-refractivity contribution in [2.75, 3.05) is 7.11 Å². The van der Waals surface area contributed by atoms with Crippen molar-refractivity contribution in [1.82, 2.24) is 10.2 Å². The Morgan fingerprint density at radius 1 is 1.29 bits per heavy atom. The van der Waals surface area contributed by atoms with Crippen LogP contribution in [-0.2, 0) is 4.79 Å². The molecule has 0 unspecified atom stereocenters. The van der Waals surface area contributed by atoms with E-state index in [1.807, 2.05) is 0 Å². The largest absolute Gasteiger partial charge is 0.497 e. The molecule has 3 rings (SSSR count). The van der Waals surface area contributed by atoms with Gasteiger partial charge >= 0.3 is 5.97 Å². The van der Waals surface area contributed by atoms with Crippen LogP contribution < -0.4 is 4.74 Å². The lowest BCUT2D eigenvalue weighted by Crippen LogP contribution is -1.96. The number of aliphatic carboxylic acids is 1. The monoisotopic (exact) mass is 403 g/mol. The van der Waals surface area contributed by atoms with Crippen molar-refractivity contribution in [1.29, 1.82) is 0 Å². The molecule has 11 heteroatoms. The maximum absolute atomic E-state index is 11.5. The second kappa shape index (κ2) is 7.96. The van der Waals surface area contributed by atoms with Crippen molar-refractivity contribution < 1.29 is 28.4 Å². The van der Waals surface area contributed by atoms with Crippen LogP contribution in [0.3, 0.4) is 0 Å². The Morgan fingerprint density at radius 3 is 2.68 bits per heavy atom. The number of aromatic nitrogens is 2. The first-order valence-corrected chi connectivity index (χ1v) is 8.54. The highest BCUT2D eigenvalue weighted by molar-refractivity contribution is 8.03. The second-order valence-electron chi connectivity index (χ2n) is 5.34. The van der Waals surface area contributed by atoms with Gasteiger partial charge in [-0.3, -0.25) is 10.1 Å². The number of carboxylic acids is 1. The highest BCUT2D eigenvalue weighted by atomic mass is 32.2. The lowest BCUT2D eigenvalue weighted by atomic mass is 10.1. The van der Waals surface area contributed by atoms with Crippen LogP contribution in [-0.4, -0.2) is 33.3 Å². The molecule has 0 atom stereocenters. The fourth-order valence-electron chi connectivity index (χ4n) is 2.25. The van der Waals surface area contributed by atoms with E-state index in [1.165, 1.54) is 37.5 Å². The zero-order valence-electron chi connectivity index (χ0n) is 14.6. The fourth-order valence-corrected chi connectivity index (χ4v) is 2.95. The van der Waals surface area contributed by atoms with Crippen LogP contribution in [0.2, 0.25) is 0 Å². The Labute approximate surface area is 162 Å². The smallest absolute Gasteiger partial charge is 0.342 e. The summed E-state index contributed by atoms with van der Waals surface area (Å²) >= 11 is 0.767. The zero-order chi connectivity index (χ0) is 20.3. The fraction of sp³-hybridized carbons (Fsp3) is 0.118. The van der Waals surface area contributed by atoms with Gasteiger partial charge < -0.3 is 18.7 Å². The number of nitro benzene ring substituents is 1. The van der Waals surface area contributed by atoms with Gasteiger partial charge in [0.2, 0.25) is 5.89 Å². The molecule has 0 radical (unpaired) electrons. The zero-order valence-corrected chi connectivity index (χ0v) is 15.4. The molecule has 1 N–H and O–H groups in total. The second-order valence-corrected chi connectivity index (χ2v) is 6.34. The molecule has 2 heterocycles. The van der Waals surface area contributed by atoms with Crippen molar-refractivity contribution in [3.05, 3.63) is 57.0 Å². The summed E-state index contributed by atoms with van der Waals surface area (Å²) in [4.78, 5) is 22.2. The Bertz CT molecular complexity index is 1070. The average molecular weight is 403 g/mol. The van der Waals surface area contributed by atoms with E-state index < -0.39 is 10.9 Å². The van der Waals surface area contributed by atoms with Gasteiger partial charge in [0, 0.05) is 13.0 Å². The number of hydrogen-bond donors (Lipinski definition) is 1. The van der Waals surface area contributed by atoms with Crippen LogP contribution in [0.1, 0.15) is 11.7 Å². The van der Waals surface area contributed by atoms with Gasteiger partial charge in [0.1, 0.15) is 22.2 Å². The van der Waals surface area contributed by atoms with E-state index in [1.54, 1.807) is 13.0 Å². The number of nitro groups is 1. The molecule has 0 aliphatic carbocycles. The van der Waals surface area contributed by atoms with E-state index in [0.717, 1.165) is 11.8 Å². The van der Waals surface area contributed by atoms with Crippen LogP contribution in [0.4, 0.5) is 5.69 Å². The Morgan fingerprint density at radius 2 is 2.07 bits per heavy atom. The van der Waals surface area contributed by atoms with E-state index in [2.05, 4.69) is 10.2 Å².